The number of hydrogen-bond donors (Lipinski definition) is 2. The molecule has 3 rings (SSSR count). The van der Waals surface area contributed by atoms with E-state index in [1.54, 1.807) is 30.5 Å². The van der Waals surface area contributed by atoms with Gasteiger partial charge in [-0.3, -0.25) is 14.6 Å². The van der Waals surface area contributed by atoms with Crippen LogP contribution in [0, 0.1) is 0 Å². The Labute approximate surface area is 173 Å². The van der Waals surface area contributed by atoms with Gasteiger partial charge in [0, 0.05) is 31.0 Å². The lowest BCUT2D eigenvalue weighted by atomic mass is 10.3. The van der Waals surface area contributed by atoms with Gasteiger partial charge in [0.15, 0.2) is 11.0 Å². The fraction of sp³-hybridized carbons (Fsp3) is 0.250. The number of hydrogen-bond acceptors (Lipinski definition) is 6. The second kappa shape index (κ2) is 9.83. The number of carbonyl (C=O) groups is 2. The van der Waals surface area contributed by atoms with Gasteiger partial charge < -0.3 is 15.2 Å². The summed E-state index contributed by atoms with van der Waals surface area (Å²) in [5.74, 6) is 0.619. The van der Waals surface area contributed by atoms with E-state index in [1.165, 1.54) is 18.7 Å². The largest absolute Gasteiger partial charge is 0.326 e. The molecule has 0 aliphatic heterocycles. The monoisotopic (exact) mass is 410 g/mol. The third-order valence-electron chi connectivity index (χ3n) is 3.88. The first-order valence-electron chi connectivity index (χ1n) is 9.21. The Morgan fingerprint density at radius 2 is 1.76 bits per heavy atom. The lowest BCUT2D eigenvalue weighted by molar-refractivity contribution is -0.114. The molecule has 1 aromatic carbocycles. The second-order valence-electron chi connectivity index (χ2n) is 6.27. The van der Waals surface area contributed by atoms with Crippen molar-refractivity contribution in [3.63, 3.8) is 0 Å². The molecule has 2 heterocycles. The Bertz CT molecular complexity index is 972. The van der Waals surface area contributed by atoms with Crippen LogP contribution in [0.5, 0.6) is 0 Å². The highest BCUT2D eigenvalue weighted by atomic mass is 32.2. The number of carbonyl (C=O) groups excluding carboxylic acids is 2. The molecule has 0 unspecified atom stereocenters. The van der Waals surface area contributed by atoms with Gasteiger partial charge in [-0.1, -0.05) is 24.8 Å². The molecule has 0 saturated heterocycles. The van der Waals surface area contributed by atoms with Crippen molar-refractivity contribution < 1.29 is 9.59 Å². The molecule has 0 aliphatic rings. The lowest BCUT2D eigenvalue weighted by Crippen LogP contribution is -2.15. The first kappa shape index (κ1) is 20.5. The van der Waals surface area contributed by atoms with E-state index in [0.717, 1.165) is 18.7 Å². The SMILES string of the molecule is CCCn1c(SCC(=O)Nc2ccc(NC(C)=O)cc2)nnc1-c1ccccn1. The van der Waals surface area contributed by atoms with E-state index in [0.29, 0.717) is 22.4 Å². The molecule has 0 radical (unpaired) electrons. The summed E-state index contributed by atoms with van der Waals surface area (Å²) >= 11 is 1.33. The van der Waals surface area contributed by atoms with Gasteiger partial charge in [0.25, 0.3) is 0 Å². The van der Waals surface area contributed by atoms with Crippen LogP contribution < -0.4 is 10.6 Å². The maximum atomic E-state index is 12.3. The summed E-state index contributed by atoms with van der Waals surface area (Å²) in [6.07, 6.45) is 2.63. The van der Waals surface area contributed by atoms with Gasteiger partial charge in [0.1, 0.15) is 5.69 Å². The molecule has 2 amide bonds. The first-order valence-corrected chi connectivity index (χ1v) is 10.2. The third-order valence-corrected chi connectivity index (χ3v) is 4.85. The number of thioether (sulfide) groups is 1. The van der Waals surface area contributed by atoms with Crippen LogP contribution in [0.3, 0.4) is 0 Å². The number of nitrogens with zero attached hydrogens (tertiary/aromatic N) is 4. The molecular weight excluding hydrogens is 388 g/mol. The second-order valence-corrected chi connectivity index (χ2v) is 7.21. The van der Waals surface area contributed by atoms with Gasteiger partial charge in [-0.2, -0.15) is 0 Å². The predicted octanol–water partition coefficient (Wildman–Crippen LogP) is 3.44. The predicted molar refractivity (Wildman–Crippen MR) is 114 cm³/mol. The third kappa shape index (κ3) is 5.64. The molecule has 0 atom stereocenters. The molecule has 150 valence electrons. The van der Waals surface area contributed by atoms with Crippen molar-refractivity contribution in [3.8, 4) is 11.5 Å². The summed E-state index contributed by atoms with van der Waals surface area (Å²) in [6, 6.07) is 12.6. The van der Waals surface area contributed by atoms with E-state index in [1.807, 2.05) is 22.8 Å². The minimum atomic E-state index is -0.146. The standard InChI is InChI=1S/C20H22N6O2S/c1-3-12-26-19(17-6-4-5-11-21-17)24-25-20(26)29-13-18(28)23-16-9-7-15(8-10-16)22-14(2)27/h4-11H,3,12-13H2,1-2H3,(H,22,27)(H,23,28). The zero-order chi connectivity index (χ0) is 20.6. The van der Waals surface area contributed by atoms with Crippen LogP contribution in [0.4, 0.5) is 11.4 Å². The van der Waals surface area contributed by atoms with E-state index < -0.39 is 0 Å². The molecular formula is C20H22N6O2S. The average Bonchev–Trinajstić information content (AvgIpc) is 3.11. The fourth-order valence-corrected chi connectivity index (χ4v) is 3.44. The zero-order valence-corrected chi connectivity index (χ0v) is 17.1. The number of pyridine rings is 1. The molecule has 0 bridgehead atoms. The Morgan fingerprint density at radius 3 is 2.38 bits per heavy atom. The highest BCUT2D eigenvalue weighted by Crippen LogP contribution is 2.23. The topological polar surface area (TPSA) is 102 Å². The van der Waals surface area contributed by atoms with Gasteiger partial charge in [0.05, 0.1) is 5.75 Å². The van der Waals surface area contributed by atoms with Crippen molar-refractivity contribution in [2.75, 3.05) is 16.4 Å². The van der Waals surface area contributed by atoms with Crippen LogP contribution in [-0.4, -0.2) is 37.3 Å². The van der Waals surface area contributed by atoms with Crippen molar-refractivity contribution in [1.29, 1.82) is 0 Å². The van der Waals surface area contributed by atoms with E-state index >= 15 is 0 Å². The summed E-state index contributed by atoms with van der Waals surface area (Å²) in [7, 11) is 0. The Morgan fingerprint density at radius 1 is 1.03 bits per heavy atom. The van der Waals surface area contributed by atoms with Crippen molar-refractivity contribution in [2.24, 2.45) is 0 Å². The highest BCUT2D eigenvalue weighted by Gasteiger charge is 2.16. The fourth-order valence-electron chi connectivity index (χ4n) is 2.67. The quantitative estimate of drug-likeness (QED) is 0.552. The van der Waals surface area contributed by atoms with E-state index in [2.05, 4.69) is 32.7 Å². The van der Waals surface area contributed by atoms with Crippen LogP contribution >= 0.6 is 11.8 Å². The van der Waals surface area contributed by atoms with E-state index in [9.17, 15) is 9.59 Å². The van der Waals surface area contributed by atoms with Crippen molar-refractivity contribution >= 4 is 35.0 Å². The van der Waals surface area contributed by atoms with Gasteiger partial charge in [0.2, 0.25) is 11.8 Å². The van der Waals surface area contributed by atoms with Crippen LogP contribution in [0.15, 0.2) is 53.8 Å². The molecule has 8 nitrogen and oxygen atoms in total. The molecule has 3 aromatic rings. The average molecular weight is 411 g/mol. The molecule has 0 fully saturated rings. The summed E-state index contributed by atoms with van der Waals surface area (Å²) in [5, 5.41) is 14.7. The maximum Gasteiger partial charge on any atom is 0.234 e. The van der Waals surface area contributed by atoms with Crippen molar-refractivity contribution in [2.45, 2.75) is 32.0 Å². The van der Waals surface area contributed by atoms with E-state index in [4.69, 9.17) is 0 Å². The maximum absolute atomic E-state index is 12.3. The number of rotatable bonds is 8. The molecule has 0 spiro atoms. The van der Waals surface area contributed by atoms with E-state index in [-0.39, 0.29) is 17.6 Å². The summed E-state index contributed by atoms with van der Waals surface area (Å²) in [4.78, 5) is 27.7. The van der Waals surface area contributed by atoms with Gasteiger partial charge in [-0.25, -0.2) is 0 Å². The zero-order valence-electron chi connectivity index (χ0n) is 16.3. The number of anilines is 2. The molecule has 9 heteroatoms. The number of benzene rings is 1. The number of amides is 2. The Balaban J connectivity index is 1.62. The lowest BCUT2D eigenvalue weighted by Gasteiger charge is -2.09. The Kier molecular flexibility index (Phi) is 6.96. The molecule has 2 aromatic heterocycles. The molecule has 0 saturated carbocycles. The van der Waals surface area contributed by atoms with Gasteiger partial charge in [-0.15, -0.1) is 10.2 Å². The summed E-state index contributed by atoms with van der Waals surface area (Å²) in [5.41, 5.74) is 2.09. The van der Waals surface area contributed by atoms with Crippen LogP contribution in [-0.2, 0) is 16.1 Å². The minimum Gasteiger partial charge on any atom is -0.326 e. The molecule has 29 heavy (non-hydrogen) atoms. The van der Waals surface area contributed by atoms with Gasteiger partial charge >= 0.3 is 0 Å². The van der Waals surface area contributed by atoms with Crippen LogP contribution in [0.2, 0.25) is 0 Å². The Hall–Kier alpha value is -3.20. The summed E-state index contributed by atoms with van der Waals surface area (Å²) in [6.45, 7) is 4.27. The minimum absolute atomic E-state index is 0.139. The smallest absolute Gasteiger partial charge is 0.234 e. The van der Waals surface area contributed by atoms with Gasteiger partial charge in [-0.05, 0) is 42.8 Å². The normalized spacial score (nSPS) is 10.6. The highest BCUT2D eigenvalue weighted by molar-refractivity contribution is 7.99. The first-order chi connectivity index (χ1) is 14.1. The van der Waals surface area contributed by atoms with Crippen molar-refractivity contribution in [1.82, 2.24) is 19.7 Å². The molecule has 2 N–H and O–H groups in total. The van der Waals surface area contributed by atoms with Crippen molar-refractivity contribution in [3.05, 3.63) is 48.7 Å². The number of aromatic nitrogens is 4. The summed E-state index contributed by atoms with van der Waals surface area (Å²) < 4.78 is 1.99. The number of nitrogens with one attached hydrogen (secondary N) is 2. The van der Waals surface area contributed by atoms with Crippen LogP contribution in [0.25, 0.3) is 11.5 Å². The molecule has 0 aliphatic carbocycles. The van der Waals surface area contributed by atoms with Crippen LogP contribution in [0.1, 0.15) is 20.3 Å².